The Hall–Kier alpha value is -1.39. The van der Waals surface area contributed by atoms with Gasteiger partial charge in [-0.3, -0.25) is 9.69 Å². The first kappa shape index (κ1) is 20.9. The van der Waals surface area contributed by atoms with Crippen molar-refractivity contribution in [1.82, 2.24) is 9.21 Å². The Morgan fingerprint density at radius 3 is 2.55 bits per heavy atom. The molecule has 1 saturated heterocycles. The van der Waals surface area contributed by atoms with Crippen molar-refractivity contribution >= 4 is 44.7 Å². The number of thiophene rings is 1. The van der Waals surface area contributed by atoms with Gasteiger partial charge < -0.3 is 4.90 Å². The number of anilines is 1. The monoisotopic (exact) mass is 451 g/mol. The minimum Gasteiger partial charge on any atom is -0.310 e. The Bertz CT molecular complexity index is 954. The van der Waals surface area contributed by atoms with Crippen LogP contribution in [0, 0.1) is 0 Å². The normalized spacial score (nSPS) is 21.6. The summed E-state index contributed by atoms with van der Waals surface area (Å²) in [4.78, 5) is 18.2. The quantitative estimate of drug-likeness (QED) is 0.715. The van der Waals surface area contributed by atoms with Gasteiger partial charge in [-0.25, -0.2) is 8.42 Å². The van der Waals surface area contributed by atoms with Gasteiger partial charge in [-0.2, -0.15) is 4.31 Å². The topological polar surface area (TPSA) is 60.9 Å². The zero-order valence-corrected chi connectivity index (χ0v) is 18.8. The summed E-state index contributed by atoms with van der Waals surface area (Å²) in [5.74, 6) is 0.0849. The Morgan fingerprint density at radius 1 is 1.07 bits per heavy atom. The van der Waals surface area contributed by atoms with Crippen molar-refractivity contribution in [3.05, 3.63) is 41.8 Å². The third-order valence-corrected chi connectivity index (χ3v) is 9.83. The molecule has 0 saturated carbocycles. The number of amides is 1. The Labute approximate surface area is 180 Å². The van der Waals surface area contributed by atoms with Crippen LogP contribution in [0.15, 0.2) is 50.9 Å². The number of benzene rings is 1. The van der Waals surface area contributed by atoms with Crippen LogP contribution >= 0.6 is 23.1 Å². The number of fused-ring (bicyclic) bond motifs is 1. The van der Waals surface area contributed by atoms with Crippen LogP contribution in [0.1, 0.15) is 13.3 Å². The number of para-hydroxylation sites is 1. The summed E-state index contributed by atoms with van der Waals surface area (Å²) in [6, 6.07) is 11.5. The van der Waals surface area contributed by atoms with Crippen molar-refractivity contribution in [3.63, 3.8) is 0 Å². The van der Waals surface area contributed by atoms with Gasteiger partial charge in [-0.1, -0.05) is 25.1 Å². The van der Waals surface area contributed by atoms with Crippen molar-refractivity contribution < 1.29 is 13.2 Å². The van der Waals surface area contributed by atoms with Gasteiger partial charge in [0.15, 0.2) is 0 Å². The Kier molecular flexibility index (Phi) is 6.31. The molecule has 0 N–H and O–H groups in total. The highest BCUT2D eigenvalue weighted by molar-refractivity contribution is 8.00. The third-order valence-electron chi connectivity index (χ3n) is 5.32. The van der Waals surface area contributed by atoms with E-state index in [2.05, 4.69) is 17.9 Å². The van der Waals surface area contributed by atoms with Crippen LogP contribution in [0.5, 0.6) is 0 Å². The van der Waals surface area contributed by atoms with Gasteiger partial charge in [0.2, 0.25) is 5.91 Å². The molecule has 1 unspecified atom stereocenters. The summed E-state index contributed by atoms with van der Waals surface area (Å²) in [6.45, 7) is 5.20. The molecule has 0 radical (unpaired) electrons. The van der Waals surface area contributed by atoms with Crippen molar-refractivity contribution in [1.29, 1.82) is 0 Å². The molecule has 3 heterocycles. The maximum Gasteiger partial charge on any atom is 0.252 e. The van der Waals surface area contributed by atoms with Crippen LogP contribution in [0.3, 0.4) is 0 Å². The molecular weight excluding hydrogens is 426 g/mol. The van der Waals surface area contributed by atoms with Crippen LogP contribution in [0.2, 0.25) is 0 Å². The lowest BCUT2D eigenvalue weighted by Gasteiger charge is -2.34. The van der Waals surface area contributed by atoms with Gasteiger partial charge in [0.05, 0.1) is 12.2 Å². The molecular formula is C20H25N3O3S3. The molecule has 0 bridgehead atoms. The van der Waals surface area contributed by atoms with Crippen LogP contribution in [0.4, 0.5) is 5.69 Å². The highest BCUT2D eigenvalue weighted by atomic mass is 32.2. The summed E-state index contributed by atoms with van der Waals surface area (Å²) < 4.78 is 27.3. The predicted octanol–water partition coefficient (Wildman–Crippen LogP) is 2.97. The SMILES string of the molecule is CC1CCN(C(=O)CN2CCN(S(=O)(=O)c3cccs3)CC2)c2ccccc2S1. The average Bonchev–Trinajstić information content (AvgIpc) is 3.20. The van der Waals surface area contributed by atoms with Gasteiger partial charge in [0.25, 0.3) is 10.0 Å². The first-order chi connectivity index (χ1) is 13.9. The maximum atomic E-state index is 13.1. The second-order valence-corrected chi connectivity index (χ2v) is 11.9. The van der Waals surface area contributed by atoms with Crippen molar-refractivity contribution in [2.24, 2.45) is 0 Å². The molecule has 0 spiro atoms. The highest BCUT2D eigenvalue weighted by Gasteiger charge is 2.31. The molecule has 1 aromatic carbocycles. The fraction of sp³-hybridized carbons (Fsp3) is 0.450. The minimum absolute atomic E-state index is 0.0849. The number of carbonyl (C=O) groups is 1. The smallest absolute Gasteiger partial charge is 0.252 e. The van der Waals surface area contributed by atoms with Crippen LogP contribution in [-0.2, 0) is 14.8 Å². The first-order valence-corrected chi connectivity index (χ1v) is 13.0. The molecule has 1 fully saturated rings. The number of nitrogens with zero attached hydrogens (tertiary/aromatic N) is 3. The Morgan fingerprint density at radius 2 is 1.83 bits per heavy atom. The molecule has 9 heteroatoms. The predicted molar refractivity (Wildman–Crippen MR) is 118 cm³/mol. The summed E-state index contributed by atoms with van der Waals surface area (Å²) in [5.41, 5.74) is 0.991. The molecule has 29 heavy (non-hydrogen) atoms. The summed E-state index contributed by atoms with van der Waals surface area (Å²) >= 11 is 3.07. The van der Waals surface area contributed by atoms with E-state index in [4.69, 9.17) is 0 Å². The lowest BCUT2D eigenvalue weighted by molar-refractivity contribution is -0.120. The van der Waals surface area contributed by atoms with E-state index in [9.17, 15) is 13.2 Å². The van der Waals surface area contributed by atoms with E-state index < -0.39 is 10.0 Å². The molecule has 1 amide bonds. The number of sulfonamides is 1. The van der Waals surface area contributed by atoms with E-state index in [0.717, 1.165) is 23.5 Å². The molecule has 4 rings (SSSR count). The van der Waals surface area contributed by atoms with E-state index in [1.807, 2.05) is 34.9 Å². The number of hydrogen-bond donors (Lipinski definition) is 0. The zero-order valence-electron chi connectivity index (χ0n) is 16.4. The lowest BCUT2D eigenvalue weighted by atomic mass is 10.2. The van der Waals surface area contributed by atoms with Crippen LogP contribution in [0.25, 0.3) is 0 Å². The second-order valence-electron chi connectivity index (χ2n) is 7.34. The van der Waals surface area contributed by atoms with Gasteiger partial charge in [-0.15, -0.1) is 23.1 Å². The molecule has 2 aliphatic rings. The maximum absolute atomic E-state index is 13.1. The summed E-state index contributed by atoms with van der Waals surface area (Å²) in [7, 11) is -3.41. The molecule has 1 atom stereocenters. The minimum atomic E-state index is -3.41. The van der Waals surface area contributed by atoms with Crippen molar-refractivity contribution in [3.8, 4) is 0 Å². The molecule has 0 aliphatic carbocycles. The van der Waals surface area contributed by atoms with E-state index in [1.54, 1.807) is 17.5 Å². The molecule has 1 aromatic heterocycles. The van der Waals surface area contributed by atoms with E-state index >= 15 is 0 Å². The molecule has 2 aliphatic heterocycles. The number of carbonyl (C=O) groups excluding carboxylic acids is 1. The van der Waals surface area contributed by atoms with Crippen LogP contribution < -0.4 is 4.90 Å². The summed E-state index contributed by atoms with van der Waals surface area (Å²) in [6.07, 6.45) is 0.956. The largest absolute Gasteiger partial charge is 0.310 e. The van der Waals surface area contributed by atoms with Gasteiger partial charge in [0.1, 0.15) is 4.21 Å². The number of piperazine rings is 1. The number of thioether (sulfide) groups is 1. The van der Waals surface area contributed by atoms with Crippen molar-refractivity contribution in [2.45, 2.75) is 27.7 Å². The average molecular weight is 452 g/mol. The molecule has 2 aromatic rings. The zero-order chi connectivity index (χ0) is 20.4. The van der Waals surface area contributed by atoms with Crippen LogP contribution in [-0.4, -0.2) is 68.0 Å². The second kappa shape index (κ2) is 8.77. The summed E-state index contributed by atoms with van der Waals surface area (Å²) in [5, 5.41) is 2.25. The first-order valence-electron chi connectivity index (χ1n) is 9.77. The molecule has 156 valence electrons. The third kappa shape index (κ3) is 4.54. The van der Waals surface area contributed by atoms with Gasteiger partial charge >= 0.3 is 0 Å². The number of hydrogen-bond acceptors (Lipinski definition) is 6. The van der Waals surface area contributed by atoms with E-state index in [1.165, 1.54) is 15.6 Å². The fourth-order valence-corrected chi connectivity index (χ4v) is 7.37. The van der Waals surface area contributed by atoms with Gasteiger partial charge in [0, 0.05) is 42.9 Å². The Balaban J connectivity index is 1.39. The van der Waals surface area contributed by atoms with Gasteiger partial charge in [-0.05, 0) is 30.0 Å². The molecule has 6 nitrogen and oxygen atoms in total. The fourth-order valence-electron chi connectivity index (χ4n) is 3.69. The van der Waals surface area contributed by atoms with E-state index in [0.29, 0.717) is 42.2 Å². The number of rotatable bonds is 4. The van der Waals surface area contributed by atoms with Crippen molar-refractivity contribution in [2.75, 3.05) is 44.2 Å². The lowest BCUT2D eigenvalue weighted by Crippen LogP contribution is -2.51. The highest BCUT2D eigenvalue weighted by Crippen LogP contribution is 2.37. The standard InChI is InChI=1S/C20H25N3O3S3/c1-16-8-9-23(17-5-2-3-6-18(17)28-16)19(24)15-21-10-12-22(13-11-21)29(25,26)20-7-4-14-27-20/h2-7,14,16H,8-13,15H2,1H3. The van der Waals surface area contributed by atoms with E-state index in [-0.39, 0.29) is 5.91 Å².